The van der Waals surface area contributed by atoms with Gasteiger partial charge in [-0.2, -0.15) is 0 Å². The van der Waals surface area contributed by atoms with Crippen LogP contribution in [0.25, 0.3) is 98.8 Å². The first-order valence-electron chi connectivity index (χ1n) is 18.4. The maximum Gasteiger partial charge on any atom is 0.164 e. The highest BCUT2D eigenvalue weighted by Gasteiger charge is 2.18. The molecule has 3 nitrogen and oxygen atoms in total. The average molecular weight is 720 g/mol. The minimum Gasteiger partial charge on any atom is -0.208 e. The highest BCUT2D eigenvalue weighted by molar-refractivity contribution is 7.26. The molecule has 0 bridgehead atoms. The Labute approximate surface area is 323 Å². The fraction of sp³-hybridized carbons (Fsp3) is 0. The zero-order valence-electron chi connectivity index (χ0n) is 29.8. The van der Waals surface area contributed by atoms with Crippen molar-refractivity contribution in [3.05, 3.63) is 200 Å². The van der Waals surface area contributed by atoms with Crippen LogP contribution in [0.4, 0.5) is 0 Å². The third-order valence-corrected chi connectivity index (χ3v) is 11.3. The Morgan fingerprint density at radius 3 is 1.35 bits per heavy atom. The molecule has 8 aromatic carbocycles. The van der Waals surface area contributed by atoms with Crippen molar-refractivity contribution in [1.82, 2.24) is 15.0 Å². The third-order valence-electron chi connectivity index (χ3n) is 10.2. The first-order chi connectivity index (χ1) is 27.2. The van der Waals surface area contributed by atoms with Crippen LogP contribution in [0.15, 0.2) is 200 Å². The van der Waals surface area contributed by atoms with E-state index in [1.807, 2.05) is 36.4 Å². The van der Waals surface area contributed by atoms with Gasteiger partial charge in [-0.3, -0.25) is 0 Å². The molecule has 10 rings (SSSR count). The highest BCUT2D eigenvalue weighted by atomic mass is 32.1. The summed E-state index contributed by atoms with van der Waals surface area (Å²) >= 11 is 1.80. The van der Waals surface area contributed by atoms with Gasteiger partial charge in [0.05, 0.1) is 0 Å². The molecule has 10 aromatic rings. The fourth-order valence-electron chi connectivity index (χ4n) is 7.45. The lowest BCUT2D eigenvalue weighted by molar-refractivity contribution is 1.08. The molecular formula is C51H33N3S. The second-order valence-corrected chi connectivity index (χ2v) is 14.7. The average Bonchev–Trinajstić information content (AvgIpc) is 3.66. The predicted molar refractivity (Wildman–Crippen MR) is 231 cm³/mol. The Bertz CT molecular complexity index is 2900. The molecule has 0 spiro atoms. The van der Waals surface area contributed by atoms with E-state index >= 15 is 0 Å². The van der Waals surface area contributed by atoms with E-state index < -0.39 is 0 Å². The Morgan fingerprint density at radius 2 is 0.709 bits per heavy atom. The summed E-state index contributed by atoms with van der Waals surface area (Å²) in [5.41, 5.74) is 12.5. The molecule has 4 heteroatoms. The molecule has 0 amide bonds. The topological polar surface area (TPSA) is 38.7 Å². The van der Waals surface area contributed by atoms with Crippen LogP contribution in [0.1, 0.15) is 0 Å². The van der Waals surface area contributed by atoms with Crippen molar-refractivity contribution >= 4 is 31.5 Å². The molecule has 0 radical (unpaired) electrons. The van der Waals surface area contributed by atoms with Gasteiger partial charge in [-0.1, -0.05) is 176 Å². The summed E-state index contributed by atoms with van der Waals surface area (Å²) < 4.78 is 2.43. The van der Waals surface area contributed by atoms with Gasteiger partial charge in [-0.15, -0.1) is 11.3 Å². The molecule has 0 unspecified atom stereocenters. The summed E-state index contributed by atoms with van der Waals surface area (Å²) in [7, 11) is 0. The van der Waals surface area contributed by atoms with Crippen LogP contribution in [0.5, 0.6) is 0 Å². The van der Waals surface area contributed by atoms with Gasteiger partial charge >= 0.3 is 0 Å². The Hall–Kier alpha value is -7.01. The molecule has 2 aromatic heterocycles. The minimum absolute atomic E-state index is 0.657. The van der Waals surface area contributed by atoms with Gasteiger partial charge < -0.3 is 0 Å². The van der Waals surface area contributed by atoms with Gasteiger partial charge in [0.2, 0.25) is 0 Å². The van der Waals surface area contributed by atoms with E-state index in [1.165, 1.54) is 59.3 Å². The number of aromatic nitrogens is 3. The van der Waals surface area contributed by atoms with Crippen LogP contribution in [0.2, 0.25) is 0 Å². The maximum absolute atomic E-state index is 5.11. The van der Waals surface area contributed by atoms with E-state index in [2.05, 4.69) is 164 Å². The lowest BCUT2D eigenvalue weighted by Crippen LogP contribution is -2.00. The number of thiophene rings is 1. The molecule has 0 atom stereocenters. The smallest absolute Gasteiger partial charge is 0.164 e. The summed E-state index contributed by atoms with van der Waals surface area (Å²) in [5, 5.41) is 2.35. The van der Waals surface area contributed by atoms with Crippen molar-refractivity contribution in [2.24, 2.45) is 0 Å². The molecule has 258 valence electrons. The van der Waals surface area contributed by atoms with E-state index in [0.29, 0.717) is 17.5 Å². The molecule has 55 heavy (non-hydrogen) atoms. The zero-order chi connectivity index (χ0) is 36.6. The lowest BCUT2D eigenvalue weighted by Gasteiger charge is -2.13. The standard InChI is InChI=1S/C51H33N3S/c1-4-14-34(15-5-1)35-26-28-36(29-27-35)39-20-12-21-40(32-39)42-22-10-11-23-43(42)41-30-31-46-45(33-41)48-44(24-13-25-47(48)55-46)51-53-49(37-16-6-2-7-17-37)52-50(54-51)38-18-8-3-9-19-38/h1-33H. The Morgan fingerprint density at radius 1 is 0.273 bits per heavy atom. The van der Waals surface area contributed by atoms with E-state index in [1.54, 1.807) is 11.3 Å². The van der Waals surface area contributed by atoms with Crippen LogP contribution in [0.3, 0.4) is 0 Å². The van der Waals surface area contributed by atoms with E-state index in [-0.39, 0.29) is 0 Å². The van der Waals surface area contributed by atoms with Gasteiger partial charge in [0.1, 0.15) is 0 Å². The first-order valence-corrected chi connectivity index (χ1v) is 19.3. The summed E-state index contributed by atoms with van der Waals surface area (Å²) in [5.74, 6) is 1.98. The summed E-state index contributed by atoms with van der Waals surface area (Å²) in [6.45, 7) is 0. The zero-order valence-corrected chi connectivity index (χ0v) is 30.6. The normalized spacial score (nSPS) is 11.3. The molecule has 0 aliphatic carbocycles. The lowest BCUT2D eigenvalue weighted by atomic mass is 9.91. The monoisotopic (exact) mass is 719 g/mol. The van der Waals surface area contributed by atoms with Crippen molar-refractivity contribution in [2.75, 3.05) is 0 Å². The Balaban J connectivity index is 1.08. The summed E-state index contributed by atoms with van der Waals surface area (Å²) in [6, 6.07) is 70.6. The quantitative estimate of drug-likeness (QED) is 0.165. The number of rotatable bonds is 7. The van der Waals surface area contributed by atoms with Crippen LogP contribution in [0, 0.1) is 0 Å². The van der Waals surface area contributed by atoms with Gasteiger partial charge in [0.15, 0.2) is 17.5 Å². The molecule has 2 heterocycles. The number of benzene rings is 8. The fourth-order valence-corrected chi connectivity index (χ4v) is 8.56. The molecule has 0 fully saturated rings. The van der Waals surface area contributed by atoms with E-state index in [9.17, 15) is 0 Å². The highest BCUT2D eigenvalue weighted by Crippen LogP contribution is 2.43. The van der Waals surface area contributed by atoms with Gasteiger partial charge in [0.25, 0.3) is 0 Å². The van der Waals surface area contributed by atoms with E-state index in [4.69, 9.17) is 15.0 Å². The van der Waals surface area contributed by atoms with Crippen molar-refractivity contribution in [2.45, 2.75) is 0 Å². The molecule has 0 N–H and O–H groups in total. The summed E-state index contributed by atoms with van der Waals surface area (Å²) in [6.07, 6.45) is 0. The van der Waals surface area contributed by atoms with Crippen molar-refractivity contribution in [3.63, 3.8) is 0 Å². The second-order valence-electron chi connectivity index (χ2n) is 13.6. The number of hydrogen-bond donors (Lipinski definition) is 0. The molecule has 0 saturated carbocycles. The van der Waals surface area contributed by atoms with Crippen LogP contribution in [-0.4, -0.2) is 15.0 Å². The maximum atomic E-state index is 5.11. The summed E-state index contributed by atoms with van der Waals surface area (Å²) in [4.78, 5) is 15.2. The van der Waals surface area contributed by atoms with Crippen LogP contribution in [-0.2, 0) is 0 Å². The minimum atomic E-state index is 0.657. The van der Waals surface area contributed by atoms with Crippen molar-refractivity contribution in [1.29, 1.82) is 0 Å². The molecule has 0 aliphatic heterocycles. The van der Waals surface area contributed by atoms with Crippen molar-refractivity contribution in [3.8, 4) is 78.7 Å². The molecular weight excluding hydrogens is 687 g/mol. The number of nitrogens with zero attached hydrogens (tertiary/aromatic N) is 3. The molecule has 0 saturated heterocycles. The Kier molecular flexibility index (Phi) is 8.36. The largest absolute Gasteiger partial charge is 0.208 e. The van der Waals surface area contributed by atoms with E-state index in [0.717, 1.165) is 22.1 Å². The second kappa shape index (κ2) is 14.1. The molecule has 0 aliphatic rings. The SMILES string of the molecule is c1ccc(-c2ccc(-c3cccc(-c4ccccc4-c4ccc5sc6cccc(-c7nc(-c8ccccc8)nc(-c8ccccc8)n7)c6c5c4)c3)cc2)cc1. The first kappa shape index (κ1) is 32.6. The third kappa shape index (κ3) is 6.29. The number of hydrogen-bond acceptors (Lipinski definition) is 4. The van der Waals surface area contributed by atoms with Gasteiger partial charge in [-0.25, -0.2) is 15.0 Å². The van der Waals surface area contributed by atoms with Gasteiger partial charge in [0, 0.05) is 36.9 Å². The number of fused-ring (bicyclic) bond motifs is 3. The van der Waals surface area contributed by atoms with Gasteiger partial charge in [-0.05, 0) is 68.8 Å². The van der Waals surface area contributed by atoms with Crippen molar-refractivity contribution < 1.29 is 0 Å². The van der Waals surface area contributed by atoms with Crippen LogP contribution < -0.4 is 0 Å². The predicted octanol–water partition coefficient (Wildman–Crippen LogP) is 13.9. The van der Waals surface area contributed by atoms with Crippen LogP contribution >= 0.6 is 11.3 Å².